The van der Waals surface area contributed by atoms with Gasteiger partial charge < -0.3 is 14.2 Å². The third kappa shape index (κ3) is 65.0. The van der Waals surface area contributed by atoms with Gasteiger partial charge in [0.2, 0.25) is 0 Å². The minimum absolute atomic E-state index is 0.0857. The van der Waals surface area contributed by atoms with Crippen LogP contribution < -0.4 is 0 Å². The molecule has 0 saturated carbocycles. The van der Waals surface area contributed by atoms with Crippen LogP contribution in [-0.4, -0.2) is 37.2 Å². The predicted molar refractivity (Wildman–Crippen MR) is 344 cm³/mol. The molecule has 0 saturated heterocycles. The highest BCUT2D eigenvalue weighted by Gasteiger charge is 2.19. The first-order chi connectivity index (χ1) is 39.0. The normalized spacial score (nSPS) is 12.7. The molecular weight excluding hydrogens is 973 g/mol. The Bertz CT molecular complexity index is 1540. The summed E-state index contributed by atoms with van der Waals surface area (Å²) in [5, 5.41) is 0. The molecule has 1 unspecified atom stereocenters. The van der Waals surface area contributed by atoms with Gasteiger partial charge in [0.05, 0.1) is 0 Å². The third-order valence-corrected chi connectivity index (χ3v) is 14.6. The Morgan fingerprint density at radius 3 is 0.810 bits per heavy atom. The average Bonchev–Trinajstić information content (AvgIpc) is 3.45. The van der Waals surface area contributed by atoms with Crippen LogP contribution in [0.15, 0.2) is 97.2 Å². The molecule has 0 amide bonds. The molecule has 0 aromatic heterocycles. The summed E-state index contributed by atoms with van der Waals surface area (Å²) in [4.78, 5) is 38.3. The van der Waals surface area contributed by atoms with Crippen LogP contribution >= 0.6 is 0 Å². The zero-order chi connectivity index (χ0) is 57.1. The maximum absolute atomic E-state index is 12.9. The average molecular weight is 1100 g/mol. The molecule has 6 nitrogen and oxygen atoms in total. The fourth-order valence-electron chi connectivity index (χ4n) is 9.54. The van der Waals surface area contributed by atoms with Gasteiger partial charge in [-0.3, -0.25) is 14.4 Å². The number of rotatable bonds is 61. The lowest BCUT2D eigenvalue weighted by molar-refractivity contribution is -0.167. The molecule has 6 heteroatoms. The van der Waals surface area contributed by atoms with E-state index < -0.39 is 6.10 Å². The molecule has 0 bridgehead atoms. The molecular formula is C73H126O6. The largest absolute Gasteiger partial charge is 0.462 e. The molecule has 79 heavy (non-hydrogen) atoms. The van der Waals surface area contributed by atoms with Crippen molar-refractivity contribution in [1.82, 2.24) is 0 Å². The van der Waals surface area contributed by atoms with Crippen molar-refractivity contribution < 1.29 is 28.6 Å². The van der Waals surface area contributed by atoms with Crippen LogP contribution in [-0.2, 0) is 28.6 Å². The summed E-state index contributed by atoms with van der Waals surface area (Å²) in [6, 6.07) is 0. The van der Waals surface area contributed by atoms with Crippen molar-refractivity contribution in [2.75, 3.05) is 13.2 Å². The van der Waals surface area contributed by atoms with Crippen LogP contribution in [0.5, 0.6) is 0 Å². The number of unbranched alkanes of at least 4 members (excludes halogenated alkanes) is 34. The summed E-state index contributed by atoms with van der Waals surface area (Å²) >= 11 is 0. The Hall–Kier alpha value is -3.67. The van der Waals surface area contributed by atoms with Gasteiger partial charge in [0.1, 0.15) is 13.2 Å². The summed E-state index contributed by atoms with van der Waals surface area (Å²) in [5.41, 5.74) is 0. The summed E-state index contributed by atoms with van der Waals surface area (Å²) in [6.07, 6.45) is 89.9. The van der Waals surface area contributed by atoms with E-state index in [9.17, 15) is 14.4 Å². The van der Waals surface area contributed by atoms with Gasteiger partial charge in [0.15, 0.2) is 6.10 Å². The number of esters is 3. The SMILES string of the molecule is CC/C=C\C/C=C\C/C=C\C/C=C\C/C=C\C/C=C\C/C=C\CCCCCCCC(=O)OCC(COC(=O)CCCCCCC/C=C\CCCCC)OC(=O)CCCCCCCCCCCCCCCCCCCCCCCC. The molecule has 0 radical (unpaired) electrons. The lowest BCUT2D eigenvalue weighted by Crippen LogP contribution is -2.30. The van der Waals surface area contributed by atoms with Crippen LogP contribution in [0, 0.1) is 0 Å². The topological polar surface area (TPSA) is 78.9 Å². The number of carbonyl (C=O) groups is 3. The molecule has 0 spiro atoms. The number of hydrogen-bond acceptors (Lipinski definition) is 6. The van der Waals surface area contributed by atoms with E-state index in [0.717, 1.165) is 128 Å². The first kappa shape index (κ1) is 75.3. The molecule has 1 atom stereocenters. The molecule has 0 aromatic rings. The number of hydrogen-bond donors (Lipinski definition) is 0. The van der Waals surface area contributed by atoms with Gasteiger partial charge in [-0.1, -0.05) is 304 Å². The van der Waals surface area contributed by atoms with Crippen molar-refractivity contribution >= 4 is 17.9 Å². The summed E-state index contributed by atoms with van der Waals surface area (Å²) in [7, 11) is 0. The molecule has 0 N–H and O–H groups in total. The molecule has 0 rings (SSSR count). The maximum Gasteiger partial charge on any atom is 0.306 e. The summed E-state index contributed by atoms with van der Waals surface area (Å²) < 4.78 is 16.9. The van der Waals surface area contributed by atoms with Gasteiger partial charge in [-0.25, -0.2) is 0 Å². The minimum atomic E-state index is -0.789. The first-order valence-corrected chi connectivity index (χ1v) is 33.7. The zero-order valence-electron chi connectivity index (χ0n) is 52.1. The van der Waals surface area contributed by atoms with Crippen molar-refractivity contribution in [3.63, 3.8) is 0 Å². The molecule has 0 aromatic carbocycles. The van der Waals surface area contributed by atoms with Crippen LogP contribution in [0.25, 0.3) is 0 Å². The number of carbonyl (C=O) groups excluding carboxylic acids is 3. The van der Waals surface area contributed by atoms with E-state index in [1.807, 2.05) is 0 Å². The first-order valence-electron chi connectivity index (χ1n) is 33.7. The summed E-state index contributed by atoms with van der Waals surface area (Å²) in [5.74, 6) is -0.900. The Kier molecular flexibility index (Phi) is 63.7. The minimum Gasteiger partial charge on any atom is -0.462 e. The Morgan fingerprint density at radius 1 is 0.266 bits per heavy atom. The van der Waals surface area contributed by atoms with E-state index in [4.69, 9.17) is 14.2 Å². The highest BCUT2D eigenvalue weighted by atomic mass is 16.6. The van der Waals surface area contributed by atoms with Crippen molar-refractivity contribution in [3.05, 3.63) is 97.2 Å². The molecule has 0 aliphatic carbocycles. The molecule has 0 aliphatic rings. The van der Waals surface area contributed by atoms with Gasteiger partial charge in [-0.15, -0.1) is 0 Å². The van der Waals surface area contributed by atoms with Gasteiger partial charge in [0.25, 0.3) is 0 Å². The highest BCUT2D eigenvalue weighted by Crippen LogP contribution is 2.17. The van der Waals surface area contributed by atoms with Crippen molar-refractivity contribution in [2.24, 2.45) is 0 Å². The molecule has 0 fully saturated rings. The van der Waals surface area contributed by atoms with Crippen LogP contribution in [0.2, 0.25) is 0 Å². The van der Waals surface area contributed by atoms with E-state index >= 15 is 0 Å². The van der Waals surface area contributed by atoms with E-state index in [0.29, 0.717) is 19.3 Å². The van der Waals surface area contributed by atoms with Crippen LogP contribution in [0.3, 0.4) is 0 Å². The number of allylic oxidation sites excluding steroid dienone is 16. The van der Waals surface area contributed by atoms with E-state index in [2.05, 4.69) is 118 Å². The zero-order valence-corrected chi connectivity index (χ0v) is 52.1. The fourth-order valence-corrected chi connectivity index (χ4v) is 9.54. The van der Waals surface area contributed by atoms with Crippen LogP contribution in [0.4, 0.5) is 0 Å². The van der Waals surface area contributed by atoms with E-state index in [1.165, 1.54) is 161 Å². The van der Waals surface area contributed by atoms with E-state index in [-0.39, 0.29) is 31.1 Å². The quantitative estimate of drug-likeness (QED) is 0.0261. The number of ether oxygens (including phenoxy) is 3. The maximum atomic E-state index is 12.9. The third-order valence-electron chi connectivity index (χ3n) is 14.6. The lowest BCUT2D eigenvalue weighted by atomic mass is 10.0. The summed E-state index contributed by atoms with van der Waals surface area (Å²) in [6.45, 7) is 6.52. The smallest absolute Gasteiger partial charge is 0.306 e. The standard InChI is InChI=1S/C73H126O6/c1-4-7-10-13-16-19-22-25-27-29-31-33-35-36-37-38-39-41-42-44-46-48-51-54-57-60-63-66-72(75)78-69-70(68-77-71(74)65-62-59-56-53-50-24-21-18-15-12-9-6-3)79-73(76)67-64-61-58-55-52-49-47-45-43-40-34-32-30-28-26-23-20-17-14-11-8-5-2/h7,10,16,18-19,21,25,27,31,33,36-37,39,41,44,46,70H,4-6,8-9,11-15,17,20,22-24,26,28-30,32,34-35,38,40,42-43,45,47-69H2,1-3H3/b10-7-,19-16-,21-18-,27-25-,33-31-,37-36-,41-39-,46-44-. The lowest BCUT2D eigenvalue weighted by Gasteiger charge is -2.18. The predicted octanol–water partition coefficient (Wildman–Crippen LogP) is 23.2. The van der Waals surface area contributed by atoms with E-state index in [1.54, 1.807) is 0 Å². The van der Waals surface area contributed by atoms with Gasteiger partial charge in [-0.2, -0.15) is 0 Å². The van der Waals surface area contributed by atoms with Gasteiger partial charge >= 0.3 is 17.9 Å². The van der Waals surface area contributed by atoms with Gasteiger partial charge in [0, 0.05) is 19.3 Å². The van der Waals surface area contributed by atoms with Gasteiger partial charge in [-0.05, 0) is 103 Å². The second-order valence-corrected chi connectivity index (χ2v) is 22.4. The monoisotopic (exact) mass is 1100 g/mol. The Labute approximate surface area is 489 Å². The highest BCUT2D eigenvalue weighted by molar-refractivity contribution is 5.71. The Balaban J connectivity index is 4.33. The fraction of sp³-hybridized carbons (Fsp3) is 0.740. The van der Waals surface area contributed by atoms with Crippen molar-refractivity contribution in [2.45, 2.75) is 335 Å². The second-order valence-electron chi connectivity index (χ2n) is 22.4. The molecule has 0 aliphatic heterocycles. The van der Waals surface area contributed by atoms with Crippen molar-refractivity contribution in [1.29, 1.82) is 0 Å². The van der Waals surface area contributed by atoms with Crippen LogP contribution in [0.1, 0.15) is 329 Å². The molecule has 0 heterocycles. The van der Waals surface area contributed by atoms with Crippen molar-refractivity contribution in [3.8, 4) is 0 Å². The Morgan fingerprint density at radius 2 is 0.494 bits per heavy atom. The molecule has 454 valence electrons. The second kappa shape index (κ2) is 66.8.